The van der Waals surface area contributed by atoms with Crippen LogP contribution in [0.25, 0.3) is 0 Å². The van der Waals surface area contributed by atoms with Crippen molar-refractivity contribution in [2.75, 3.05) is 13.6 Å². The van der Waals surface area contributed by atoms with Gasteiger partial charge in [0, 0.05) is 12.1 Å². The number of aliphatic hydroxyl groups is 1. The zero-order valence-electron chi connectivity index (χ0n) is 15.4. The zero-order chi connectivity index (χ0) is 16.9. The Bertz CT molecular complexity index is 486. The number of likely N-dealkylation sites (N-methyl/N-ethyl adjacent to an activating group) is 1. The lowest BCUT2D eigenvalue weighted by Gasteiger charge is -2.62. The van der Waals surface area contributed by atoms with E-state index in [-0.39, 0.29) is 17.4 Å². The standard InChI is InChI=1S/C20H34N2O2/c1-14(21-18(23)12-22(2)17-5-3-4-6-17)19-8-15-7-16(9-19)11-20(24,10-15)13-19/h14-17,24H,3-13H2,1-2H3,(H,21,23). The molecule has 0 heterocycles. The molecule has 4 bridgehead atoms. The SMILES string of the molecule is CC(NC(=O)CN(C)C1CCCC1)C12CC3CC(CC(O)(C3)C1)C2. The predicted octanol–water partition coefficient (Wildman–Crippen LogP) is 2.70. The second-order valence-electron chi connectivity index (χ2n) is 9.69. The van der Waals surface area contributed by atoms with E-state index in [0.29, 0.717) is 24.4 Å². The van der Waals surface area contributed by atoms with Gasteiger partial charge in [-0.15, -0.1) is 0 Å². The molecule has 0 spiro atoms. The van der Waals surface area contributed by atoms with Crippen LogP contribution < -0.4 is 5.32 Å². The van der Waals surface area contributed by atoms with E-state index in [2.05, 4.69) is 24.2 Å². The number of nitrogens with one attached hydrogen (secondary N) is 1. The lowest BCUT2D eigenvalue weighted by molar-refractivity contribution is -0.173. The highest BCUT2D eigenvalue weighted by Crippen LogP contribution is 2.62. The van der Waals surface area contributed by atoms with Gasteiger partial charge in [-0.25, -0.2) is 0 Å². The summed E-state index contributed by atoms with van der Waals surface area (Å²) in [7, 11) is 2.09. The second kappa shape index (κ2) is 5.98. The lowest BCUT2D eigenvalue weighted by Crippen LogP contribution is -2.62. The maximum Gasteiger partial charge on any atom is 0.234 e. The van der Waals surface area contributed by atoms with Gasteiger partial charge in [0.1, 0.15) is 0 Å². The molecule has 4 nitrogen and oxygen atoms in total. The summed E-state index contributed by atoms with van der Waals surface area (Å²) >= 11 is 0. The van der Waals surface area contributed by atoms with Crippen LogP contribution >= 0.6 is 0 Å². The molecule has 5 aliphatic carbocycles. The van der Waals surface area contributed by atoms with Crippen molar-refractivity contribution in [2.24, 2.45) is 17.3 Å². The molecule has 5 aliphatic rings. The minimum Gasteiger partial charge on any atom is -0.390 e. The minimum atomic E-state index is -0.441. The van der Waals surface area contributed by atoms with Gasteiger partial charge in [-0.3, -0.25) is 9.69 Å². The molecule has 136 valence electrons. The molecule has 0 aromatic heterocycles. The second-order valence-corrected chi connectivity index (χ2v) is 9.69. The fraction of sp³-hybridized carbons (Fsp3) is 0.950. The molecular weight excluding hydrogens is 300 g/mol. The van der Waals surface area contributed by atoms with E-state index in [1.807, 2.05) is 0 Å². The van der Waals surface area contributed by atoms with E-state index in [9.17, 15) is 9.90 Å². The summed E-state index contributed by atoms with van der Waals surface area (Å²) in [5.41, 5.74) is -0.301. The van der Waals surface area contributed by atoms with Gasteiger partial charge < -0.3 is 10.4 Å². The number of nitrogens with zero attached hydrogens (tertiary/aromatic N) is 1. The molecule has 0 aromatic carbocycles. The van der Waals surface area contributed by atoms with E-state index in [4.69, 9.17) is 0 Å². The van der Waals surface area contributed by atoms with Crippen molar-refractivity contribution in [2.45, 2.75) is 88.8 Å². The number of carbonyl (C=O) groups excluding carboxylic acids is 1. The highest BCUT2D eigenvalue weighted by Gasteiger charge is 2.59. The van der Waals surface area contributed by atoms with Crippen molar-refractivity contribution in [3.8, 4) is 0 Å². The first-order chi connectivity index (χ1) is 11.4. The Morgan fingerprint density at radius 1 is 1.21 bits per heavy atom. The van der Waals surface area contributed by atoms with Crippen molar-refractivity contribution in [1.82, 2.24) is 10.2 Å². The molecule has 0 aromatic rings. The Balaban J connectivity index is 1.37. The molecule has 1 amide bonds. The molecule has 3 atom stereocenters. The first-order valence-corrected chi connectivity index (χ1v) is 10.1. The molecule has 5 fully saturated rings. The summed E-state index contributed by atoms with van der Waals surface area (Å²) in [4.78, 5) is 14.8. The van der Waals surface area contributed by atoms with Crippen molar-refractivity contribution in [1.29, 1.82) is 0 Å². The highest BCUT2D eigenvalue weighted by molar-refractivity contribution is 5.78. The Hall–Kier alpha value is -0.610. The first kappa shape index (κ1) is 16.8. The number of amides is 1. The smallest absolute Gasteiger partial charge is 0.234 e. The summed E-state index contributed by atoms with van der Waals surface area (Å²) in [5.74, 6) is 1.52. The molecular formula is C20H34N2O2. The summed E-state index contributed by atoms with van der Waals surface area (Å²) in [6.45, 7) is 2.70. The fourth-order valence-corrected chi connectivity index (χ4v) is 6.93. The summed E-state index contributed by atoms with van der Waals surface area (Å²) < 4.78 is 0. The van der Waals surface area contributed by atoms with Gasteiger partial charge in [-0.2, -0.15) is 0 Å². The zero-order valence-corrected chi connectivity index (χ0v) is 15.4. The van der Waals surface area contributed by atoms with E-state index >= 15 is 0 Å². The lowest BCUT2D eigenvalue weighted by atomic mass is 9.46. The maximum atomic E-state index is 12.6. The van der Waals surface area contributed by atoms with Crippen LogP contribution in [0.2, 0.25) is 0 Å². The third-order valence-corrected chi connectivity index (χ3v) is 7.71. The molecule has 0 radical (unpaired) electrons. The number of rotatable bonds is 5. The van der Waals surface area contributed by atoms with Crippen molar-refractivity contribution in [3.05, 3.63) is 0 Å². The van der Waals surface area contributed by atoms with Gasteiger partial charge >= 0.3 is 0 Å². The molecule has 24 heavy (non-hydrogen) atoms. The van der Waals surface area contributed by atoms with Gasteiger partial charge in [-0.05, 0) is 82.6 Å². The number of hydrogen-bond donors (Lipinski definition) is 2. The van der Waals surface area contributed by atoms with E-state index in [0.717, 1.165) is 19.3 Å². The molecule has 5 rings (SSSR count). The van der Waals surface area contributed by atoms with E-state index in [1.54, 1.807) is 0 Å². The Labute approximate surface area is 146 Å². The minimum absolute atomic E-state index is 0.139. The van der Waals surface area contributed by atoms with Crippen LogP contribution in [0.3, 0.4) is 0 Å². The topological polar surface area (TPSA) is 52.6 Å². The molecule has 5 saturated carbocycles. The van der Waals surface area contributed by atoms with E-state index in [1.165, 1.54) is 44.9 Å². The summed E-state index contributed by atoms with van der Waals surface area (Å²) in [6, 6.07) is 0.769. The number of hydrogen-bond acceptors (Lipinski definition) is 3. The van der Waals surface area contributed by atoms with Crippen molar-refractivity contribution >= 4 is 5.91 Å². The monoisotopic (exact) mass is 334 g/mol. The molecule has 0 saturated heterocycles. The molecule has 4 heteroatoms. The highest BCUT2D eigenvalue weighted by atomic mass is 16.3. The van der Waals surface area contributed by atoms with E-state index < -0.39 is 5.60 Å². The third kappa shape index (κ3) is 3.01. The van der Waals surface area contributed by atoms with Gasteiger partial charge in [0.15, 0.2) is 0 Å². The molecule has 0 aliphatic heterocycles. The van der Waals surface area contributed by atoms with Gasteiger partial charge in [0.05, 0.1) is 12.1 Å². The Morgan fingerprint density at radius 3 is 2.42 bits per heavy atom. The first-order valence-electron chi connectivity index (χ1n) is 10.1. The normalized spacial score (nSPS) is 42.7. The van der Waals surface area contributed by atoms with Crippen LogP contribution in [0.4, 0.5) is 0 Å². The van der Waals surface area contributed by atoms with Crippen molar-refractivity contribution in [3.63, 3.8) is 0 Å². The van der Waals surface area contributed by atoms with Crippen LogP contribution in [0.1, 0.15) is 71.1 Å². The summed E-state index contributed by atoms with van der Waals surface area (Å²) in [6.07, 6.45) is 11.7. The van der Waals surface area contributed by atoms with Crippen LogP contribution in [-0.2, 0) is 4.79 Å². The Morgan fingerprint density at radius 2 is 1.83 bits per heavy atom. The van der Waals surface area contributed by atoms with Crippen LogP contribution in [0.5, 0.6) is 0 Å². The van der Waals surface area contributed by atoms with Crippen LogP contribution in [-0.4, -0.2) is 47.2 Å². The van der Waals surface area contributed by atoms with Gasteiger partial charge in [0.2, 0.25) is 5.91 Å². The number of carbonyl (C=O) groups is 1. The van der Waals surface area contributed by atoms with Crippen LogP contribution in [0, 0.1) is 17.3 Å². The fourth-order valence-electron chi connectivity index (χ4n) is 6.93. The predicted molar refractivity (Wildman–Crippen MR) is 94.6 cm³/mol. The third-order valence-electron chi connectivity index (χ3n) is 7.71. The van der Waals surface area contributed by atoms with Crippen LogP contribution in [0.15, 0.2) is 0 Å². The molecule has 3 unspecified atom stereocenters. The molecule has 2 N–H and O–H groups in total. The van der Waals surface area contributed by atoms with Gasteiger partial charge in [0.25, 0.3) is 0 Å². The van der Waals surface area contributed by atoms with Crippen molar-refractivity contribution < 1.29 is 9.90 Å². The summed E-state index contributed by atoms with van der Waals surface area (Å²) in [5, 5.41) is 14.2. The average Bonchev–Trinajstić information content (AvgIpc) is 2.98. The maximum absolute atomic E-state index is 12.6. The van der Waals surface area contributed by atoms with Gasteiger partial charge in [-0.1, -0.05) is 12.8 Å². The average molecular weight is 335 g/mol. The Kier molecular flexibility index (Phi) is 4.20. The largest absolute Gasteiger partial charge is 0.390 e. The quantitative estimate of drug-likeness (QED) is 0.813.